The van der Waals surface area contributed by atoms with Crippen LogP contribution in [-0.2, 0) is 14.8 Å². The van der Waals surface area contributed by atoms with Crippen molar-refractivity contribution in [3.05, 3.63) is 23.8 Å². The topological polar surface area (TPSA) is 98.5 Å². The monoisotopic (exact) mass is 314 g/mol. The maximum absolute atomic E-state index is 11.7. The van der Waals surface area contributed by atoms with Crippen LogP contribution in [0.15, 0.2) is 23.1 Å². The zero-order valence-electron chi connectivity index (χ0n) is 12.7. The summed E-state index contributed by atoms with van der Waals surface area (Å²) in [6, 6.07) is 4.45. The zero-order valence-corrected chi connectivity index (χ0v) is 13.5. The molecule has 1 aromatic rings. The van der Waals surface area contributed by atoms with Crippen molar-refractivity contribution in [3.8, 4) is 5.75 Å². The predicted molar refractivity (Wildman–Crippen MR) is 80.5 cm³/mol. The molecule has 0 radical (unpaired) electrons. The SMILES string of the molecule is Cc1cc(OCC(=O)NC(C)C(C)C)ccc1S(N)(=O)=O. The number of amides is 1. The summed E-state index contributed by atoms with van der Waals surface area (Å²) in [6.07, 6.45) is 0. The smallest absolute Gasteiger partial charge is 0.258 e. The maximum Gasteiger partial charge on any atom is 0.258 e. The number of ether oxygens (including phenoxy) is 1. The van der Waals surface area contributed by atoms with Gasteiger partial charge in [-0.15, -0.1) is 0 Å². The van der Waals surface area contributed by atoms with E-state index in [4.69, 9.17) is 9.88 Å². The van der Waals surface area contributed by atoms with Crippen molar-refractivity contribution in [1.29, 1.82) is 0 Å². The molecule has 1 aromatic carbocycles. The first kappa shape index (κ1) is 17.5. The van der Waals surface area contributed by atoms with Gasteiger partial charge in [0.15, 0.2) is 6.61 Å². The third-order valence-corrected chi connectivity index (χ3v) is 4.28. The molecule has 0 heterocycles. The van der Waals surface area contributed by atoms with E-state index in [2.05, 4.69) is 5.32 Å². The van der Waals surface area contributed by atoms with Crippen molar-refractivity contribution in [2.75, 3.05) is 6.61 Å². The first-order valence-electron chi connectivity index (χ1n) is 6.67. The molecule has 0 saturated carbocycles. The lowest BCUT2D eigenvalue weighted by Gasteiger charge is -2.17. The molecule has 0 aliphatic heterocycles. The van der Waals surface area contributed by atoms with Crippen molar-refractivity contribution in [3.63, 3.8) is 0 Å². The predicted octanol–water partition coefficient (Wildman–Crippen LogP) is 1.18. The van der Waals surface area contributed by atoms with E-state index in [-0.39, 0.29) is 23.5 Å². The van der Waals surface area contributed by atoms with Crippen LogP contribution in [0.2, 0.25) is 0 Å². The Kier molecular flexibility index (Phi) is 5.74. The van der Waals surface area contributed by atoms with Crippen molar-refractivity contribution in [1.82, 2.24) is 5.32 Å². The van der Waals surface area contributed by atoms with Gasteiger partial charge in [0, 0.05) is 6.04 Å². The summed E-state index contributed by atoms with van der Waals surface area (Å²) in [5.41, 5.74) is 0.478. The molecule has 6 nitrogen and oxygen atoms in total. The van der Waals surface area contributed by atoms with Gasteiger partial charge in [0.2, 0.25) is 10.0 Å². The van der Waals surface area contributed by atoms with Crippen molar-refractivity contribution in [2.45, 2.75) is 38.6 Å². The number of carbonyl (C=O) groups is 1. The van der Waals surface area contributed by atoms with Crippen LogP contribution >= 0.6 is 0 Å². The molecule has 1 atom stereocenters. The lowest BCUT2D eigenvalue weighted by molar-refractivity contribution is -0.124. The van der Waals surface area contributed by atoms with Gasteiger partial charge in [-0.25, -0.2) is 13.6 Å². The van der Waals surface area contributed by atoms with Crippen LogP contribution in [0.4, 0.5) is 0 Å². The fraction of sp³-hybridized carbons (Fsp3) is 0.500. The van der Waals surface area contributed by atoms with E-state index in [0.717, 1.165) is 0 Å². The van der Waals surface area contributed by atoms with E-state index >= 15 is 0 Å². The molecule has 118 valence electrons. The van der Waals surface area contributed by atoms with Crippen LogP contribution in [0.3, 0.4) is 0 Å². The van der Waals surface area contributed by atoms with Gasteiger partial charge >= 0.3 is 0 Å². The molecule has 3 N–H and O–H groups in total. The Morgan fingerprint density at radius 2 is 1.95 bits per heavy atom. The number of nitrogens with two attached hydrogens (primary N) is 1. The van der Waals surface area contributed by atoms with Crippen molar-refractivity contribution in [2.24, 2.45) is 11.1 Å². The molecule has 7 heteroatoms. The second kappa shape index (κ2) is 6.91. The number of carbonyl (C=O) groups excluding carboxylic acids is 1. The Labute approximate surface area is 125 Å². The summed E-state index contributed by atoms with van der Waals surface area (Å²) in [6.45, 7) is 7.45. The Bertz CT molecular complexity index is 611. The average Bonchev–Trinajstić information content (AvgIpc) is 2.34. The lowest BCUT2D eigenvalue weighted by atomic mass is 10.1. The lowest BCUT2D eigenvalue weighted by Crippen LogP contribution is -2.38. The van der Waals surface area contributed by atoms with Gasteiger partial charge in [-0.2, -0.15) is 0 Å². The molecule has 21 heavy (non-hydrogen) atoms. The fourth-order valence-electron chi connectivity index (χ4n) is 1.64. The average molecular weight is 314 g/mol. The number of primary sulfonamides is 1. The molecular formula is C14H22N2O4S. The first-order chi connectivity index (χ1) is 9.61. The van der Waals surface area contributed by atoms with E-state index in [1.807, 2.05) is 20.8 Å². The highest BCUT2D eigenvalue weighted by Gasteiger charge is 2.13. The van der Waals surface area contributed by atoms with Crippen LogP contribution in [0, 0.1) is 12.8 Å². The quantitative estimate of drug-likeness (QED) is 0.823. The van der Waals surface area contributed by atoms with Crippen LogP contribution < -0.4 is 15.2 Å². The van der Waals surface area contributed by atoms with Gasteiger partial charge in [0.05, 0.1) is 4.90 Å². The minimum atomic E-state index is -3.74. The summed E-state index contributed by atoms with van der Waals surface area (Å²) >= 11 is 0. The van der Waals surface area contributed by atoms with Gasteiger partial charge in [0.25, 0.3) is 5.91 Å². The highest BCUT2D eigenvalue weighted by molar-refractivity contribution is 7.89. The van der Waals surface area contributed by atoms with Crippen molar-refractivity contribution < 1.29 is 17.9 Å². The second-order valence-corrected chi connectivity index (χ2v) is 6.89. The Hall–Kier alpha value is -1.60. The number of benzene rings is 1. The minimum Gasteiger partial charge on any atom is -0.484 e. The van der Waals surface area contributed by atoms with Crippen LogP contribution in [0.25, 0.3) is 0 Å². The van der Waals surface area contributed by atoms with Gasteiger partial charge in [0.1, 0.15) is 5.75 Å². The Morgan fingerprint density at radius 1 is 1.33 bits per heavy atom. The molecule has 0 saturated heterocycles. The highest BCUT2D eigenvalue weighted by atomic mass is 32.2. The van der Waals surface area contributed by atoms with Crippen LogP contribution in [0.5, 0.6) is 5.75 Å². The van der Waals surface area contributed by atoms with Crippen LogP contribution in [-0.4, -0.2) is 27.0 Å². The maximum atomic E-state index is 11.7. The largest absolute Gasteiger partial charge is 0.484 e. The molecule has 0 aliphatic carbocycles. The number of rotatable bonds is 6. The first-order valence-corrected chi connectivity index (χ1v) is 8.21. The molecular weight excluding hydrogens is 292 g/mol. The van der Waals surface area contributed by atoms with E-state index in [9.17, 15) is 13.2 Å². The van der Waals surface area contributed by atoms with E-state index in [0.29, 0.717) is 17.2 Å². The second-order valence-electron chi connectivity index (χ2n) is 5.36. The fourth-order valence-corrected chi connectivity index (χ4v) is 2.41. The summed E-state index contributed by atoms with van der Waals surface area (Å²) < 4.78 is 27.9. The molecule has 1 rings (SSSR count). The molecule has 1 unspecified atom stereocenters. The van der Waals surface area contributed by atoms with Crippen LogP contribution in [0.1, 0.15) is 26.3 Å². The minimum absolute atomic E-state index is 0.0488. The number of aryl methyl sites for hydroxylation is 1. The number of nitrogens with one attached hydrogen (secondary N) is 1. The number of sulfonamides is 1. The number of hydrogen-bond donors (Lipinski definition) is 2. The Morgan fingerprint density at radius 3 is 2.43 bits per heavy atom. The summed E-state index contributed by atoms with van der Waals surface area (Å²) in [7, 11) is -3.74. The van der Waals surface area contributed by atoms with Crippen molar-refractivity contribution >= 4 is 15.9 Å². The van der Waals surface area contributed by atoms with E-state index in [1.165, 1.54) is 12.1 Å². The molecule has 0 fully saturated rings. The van der Waals surface area contributed by atoms with Gasteiger partial charge < -0.3 is 10.1 Å². The van der Waals surface area contributed by atoms with Gasteiger partial charge in [-0.3, -0.25) is 4.79 Å². The molecule has 0 spiro atoms. The summed E-state index contributed by atoms with van der Waals surface area (Å²) in [5, 5.41) is 7.90. The third kappa shape index (κ3) is 5.35. The van der Waals surface area contributed by atoms with E-state index < -0.39 is 10.0 Å². The Balaban J connectivity index is 2.65. The molecule has 0 bridgehead atoms. The number of hydrogen-bond acceptors (Lipinski definition) is 4. The summed E-state index contributed by atoms with van der Waals surface area (Å²) in [5.74, 6) is 0.543. The molecule has 0 aromatic heterocycles. The van der Waals surface area contributed by atoms with Gasteiger partial charge in [-0.05, 0) is 43.5 Å². The normalized spacial score (nSPS) is 13.0. The van der Waals surface area contributed by atoms with E-state index in [1.54, 1.807) is 13.0 Å². The summed E-state index contributed by atoms with van der Waals surface area (Å²) in [4.78, 5) is 11.7. The highest BCUT2D eigenvalue weighted by Crippen LogP contribution is 2.20. The van der Waals surface area contributed by atoms with Gasteiger partial charge in [-0.1, -0.05) is 13.8 Å². The zero-order chi connectivity index (χ0) is 16.2. The standard InChI is InChI=1S/C14H22N2O4S/c1-9(2)11(4)16-14(17)8-20-12-5-6-13(10(3)7-12)21(15,18)19/h5-7,9,11H,8H2,1-4H3,(H,16,17)(H2,15,18,19). The molecule has 1 amide bonds. The third-order valence-electron chi connectivity index (χ3n) is 3.21. The molecule has 0 aliphatic rings.